The molecule has 1 atom stereocenters. The van der Waals surface area contributed by atoms with E-state index in [4.69, 9.17) is 32.4 Å². The van der Waals surface area contributed by atoms with Crippen LogP contribution >= 0.6 is 23.2 Å². The minimum atomic E-state index is -0.814. The number of oxazole rings is 1. The highest BCUT2D eigenvalue weighted by atomic mass is 35.5. The molecule has 8 heteroatoms. The summed E-state index contributed by atoms with van der Waals surface area (Å²) in [6.07, 6.45) is -0.814. The zero-order valence-electron chi connectivity index (χ0n) is 15.7. The Morgan fingerprint density at radius 2 is 1.93 bits per heavy atom. The van der Waals surface area contributed by atoms with E-state index in [0.717, 1.165) is 0 Å². The maximum atomic E-state index is 14.0. The molecule has 3 aromatic carbocycles. The maximum Gasteiger partial charge on any atom is 0.265 e. The Labute approximate surface area is 181 Å². The second-order valence-electron chi connectivity index (χ2n) is 6.51. The van der Waals surface area contributed by atoms with Gasteiger partial charge in [-0.05, 0) is 55.5 Å². The lowest BCUT2D eigenvalue weighted by Gasteiger charge is -2.15. The van der Waals surface area contributed by atoms with Crippen molar-refractivity contribution in [1.29, 1.82) is 0 Å². The van der Waals surface area contributed by atoms with E-state index in [1.165, 1.54) is 12.1 Å². The Morgan fingerprint density at radius 3 is 2.70 bits per heavy atom. The number of halogens is 3. The molecule has 152 valence electrons. The van der Waals surface area contributed by atoms with Crippen LogP contribution in [0.5, 0.6) is 5.75 Å². The molecule has 0 bridgehead atoms. The second-order valence-corrected chi connectivity index (χ2v) is 7.35. The summed E-state index contributed by atoms with van der Waals surface area (Å²) in [6.45, 7) is 1.60. The first-order valence-corrected chi connectivity index (χ1v) is 9.74. The summed E-state index contributed by atoms with van der Waals surface area (Å²) < 4.78 is 25.2. The van der Waals surface area contributed by atoms with Crippen molar-refractivity contribution in [2.75, 3.05) is 5.32 Å². The van der Waals surface area contributed by atoms with Crippen molar-refractivity contribution in [3.63, 3.8) is 0 Å². The molecule has 0 aliphatic heterocycles. The number of carbonyl (C=O) groups is 1. The summed E-state index contributed by atoms with van der Waals surface area (Å²) >= 11 is 11.9. The summed E-state index contributed by atoms with van der Waals surface area (Å²) in [5.74, 6) is -0.284. The molecule has 0 fully saturated rings. The highest BCUT2D eigenvalue weighted by Crippen LogP contribution is 2.29. The topological polar surface area (TPSA) is 64.4 Å². The van der Waals surface area contributed by atoms with Crippen molar-refractivity contribution in [1.82, 2.24) is 4.98 Å². The van der Waals surface area contributed by atoms with Crippen molar-refractivity contribution in [2.24, 2.45) is 0 Å². The Morgan fingerprint density at radius 1 is 1.13 bits per heavy atom. The summed E-state index contributed by atoms with van der Waals surface area (Å²) in [5.41, 5.74) is 1.73. The van der Waals surface area contributed by atoms with E-state index in [0.29, 0.717) is 32.6 Å². The zero-order chi connectivity index (χ0) is 21.3. The third kappa shape index (κ3) is 4.25. The van der Waals surface area contributed by atoms with Gasteiger partial charge in [0.15, 0.2) is 11.7 Å². The molecule has 1 amide bonds. The number of hydrogen-bond acceptors (Lipinski definition) is 4. The number of hydrogen-bond donors (Lipinski definition) is 1. The van der Waals surface area contributed by atoms with Crippen LogP contribution in [0.4, 0.5) is 10.1 Å². The van der Waals surface area contributed by atoms with Gasteiger partial charge < -0.3 is 14.5 Å². The van der Waals surface area contributed by atoms with Crippen molar-refractivity contribution in [3.8, 4) is 17.2 Å². The third-order valence-electron chi connectivity index (χ3n) is 4.33. The zero-order valence-corrected chi connectivity index (χ0v) is 17.2. The van der Waals surface area contributed by atoms with Gasteiger partial charge in [-0.1, -0.05) is 35.3 Å². The van der Waals surface area contributed by atoms with Crippen LogP contribution in [0, 0.1) is 5.82 Å². The van der Waals surface area contributed by atoms with Gasteiger partial charge in [0.1, 0.15) is 17.1 Å². The van der Waals surface area contributed by atoms with Gasteiger partial charge >= 0.3 is 0 Å². The SMILES string of the molecule is CC(Oc1ccc(Cl)cc1Cl)C(=O)Nc1ccc2oc(-c3ccccc3F)nc2c1. The fourth-order valence-corrected chi connectivity index (χ4v) is 3.27. The van der Waals surface area contributed by atoms with Crippen molar-refractivity contribution < 1.29 is 18.3 Å². The fraction of sp³-hybridized carbons (Fsp3) is 0.0909. The normalized spacial score (nSPS) is 12.0. The highest BCUT2D eigenvalue weighted by Gasteiger charge is 2.18. The number of carbonyl (C=O) groups excluding carboxylic acids is 1. The molecule has 0 aliphatic carbocycles. The molecule has 1 unspecified atom stereocenters. The van der Waals surface area contributed by atoms with Crippen LogP contribution in [0.3, 0.4) is 0 Å². The van der Waals surface area contributed by atoms with E-state index < -0.39 is 11.9 Å². The Bertz CT molecular complexity index is 1240. The smallest absolute Gasteiger partial charge is 0.265 e. The van der Waals surface area contributed by atoms with Crippen LogP contribution in [0.2, 0.25) is 10.0 Å². The number of rotatable bonds is 5. The summed E-state index contributed by atoms with van der Waals surface area (Å²) in [6, 6.07) is 15.9. The molecule has 0 radical (unpaired) electrons. The molecule has 30 heavy (non-hydrogen) atoms. The molecule has 1 aromatic heterocycles. The van der Waals surface area contributed by atoms with E-state index in [2.05, 4.69) is 10.3 Å². The Balaban J connectivity index is 1.50. The molecule has 1 N–H and O–H groups in total. The van der Waals surface area contributed by atoms with Gasteiger partial charge in [-0.15, -0.1) is 0 Å². The van der Waals surface area contributed by atoms with E-state index in [1.807, 2.05) is 0 Å². The van der Waals surface area contributed by atoms with E-state index in [9.17, 15) is 9.18 Å². The van der Waals surface area contributed by atoms with Crippen molar-refractivity contribution >= 4 is 45.9 Å². The Kier molecular flexibility index (Phi) is 5.61. The summed E-state index contributed by atoms with van der Waals surface area (Å²) in [4.78, 5) is 16.8. The highest BCUT2D eigenvalue weighted by molar-refractivity contribution is 6.35. The fourth-order valence-electron chi connectivity index (χ4n) is 2.81. The number of amides is 1. The largest absolute Gasteiger partial charge is 0.479 e. The average molecular weight is 445 g/mol. The summed E-state index contributed by atoms with van der Waals surface area (Å²) in [5, 5.41) is 3.54. The number of aromatic nitrogens is 1. The maximum absolute atomic E-state index is 14.0. The van der Waals surface area contributed by atoms with Crippen molar-refractivity contribution in [3.05, 3.63) is 76.5 Å². The second kappa shape index (κ2) is 8.34. The van der Waals surface area contributed by atoms with Gasteiger partial charge in [0.2, 0.25) is 5.89 Å². The number of anilines is 1. The van der Waals surface area contributed by atoms with Crippen LogP contribution in [0.25, 0.3) is 22.6 Å². The van der Waals surface area contributed by atoms with Gasteiger partial charge in [-0.3, -0.25) is 4.79 Å². The van der Waals surface area contributed by atoms with Gasteiger partial charge in [-0.25, -0.2) is 9.37 Å². The number of benzene rings is 3. The van der Waals surface area contributed by atoms with E-state index >= 15 is 0 Å². The van der Waals surface area contributed by atoms with Crippen LogP contribution in [0.1, 0.15) is 6.92 Å². The number of fused-ring (bicyclic) bond motifs is 1. The molecular formula is C22H15Cl2FN2O3. The minimum Gasteiger partial charge on any atom is -0.479 e. The molecule has 0 saturated carbocycles. The van der Waals surface area contributed by atoms with Gasteiger partial charge in [-0.2, -0.15) is 0 Å². The Hall–Kier alpha value is -3.09. The molecule has 5 nitrogen and oxygen atoms in total. The van der Waals surface area contributed by atoms with Crippen molar-refractivity contribution in [2.45, 2.75) is 13.0 Å². The lowest BCUT2D eigenvalue weighted by molar-refractivity contribution is -0.122. The first kappa shape index (κ1) is 20.2. The standard InChI is InChI=1S/C22H15Cl2FN2O3/c1-12(29-19-8-6-13(23)10-16(19)24)21(28)26-14-7-9-20-18(11-14)27-22(30-20)15-4-2-3-5-17(15)25/h2-12H,1H3,(H,26,28). The first-order chi connectivity index (χ1) is 14.4. The molecule has 0 spiro atoms. The van der Waals surface area contributed by atoms with E-state index in [-0.39, 0.29) is 17.4 Å². The lowest BCUT2D eigenvalue weighted by Crippen LogP contribution is -2.30. The minimum absolute atomic E-state index is 0.167. The quantitative estimate of drug-likeness (QED) is 0.389. The number of nitrogens with one attached hydrogen (secondary N) is 1. The third-order valence-corrected chi connectivity index (χ3v) is 4.86. The van der Waals surface area contributed by atoms with Crippen LogP contribution in [-0.2, 0) is 4.79 Å². The van der Waals surface area contributed by atoms with Crippen LogP contribution < -0.4 is 10.1 Å². The van der Waals surface area contributed by atoms with Gasteiger partial charge in [0, 0.05) is 10.7 Å². The van der Waals surface area contributed by atoms with Crippen LogP contribution in [-0.4, -0.2) is 17.0 Å². The monoisotopic (exact) mass is 444 g/mol. The van der Waals surface area contributed by atoms with Crippen LogP contribution in [0.15, 0.2) is 65.1 Å². The number of nitrogens with zero attached hydrogens (tertiary/aromatic N) is 1. The molecule has 4 rings (SSSR count). The van der Waals surface area contributed by atoms with E-state index in [1.54, 1.807) is 55.5 Å². The number of ether oxygens (including phenoxy) is 1. The first-order valence-electron chi connectivity index (χ1n) is 8.99. The average Bonchev–Trinajstić information content (AvgIpc) is 3.13. The molecular weight excluding hydrogens is 430 g/mol. The molecule has 4 aromatic rings. The molecule has 0 aliphatic rings. The van der Waals surface area contributed by atoms with Gasteiger partial charge in [0.25, 0.3) is 5.91 Å². The predicted molar refractivity (Wildman–Crippen MR) is 115 cm³/mol. The molecule has 1 heterocycles. The predicted octanol–water partition coefficient (Wildman–Crippen LogP) is 6.35. The van der Waals surface area contributed by atoms with Gasteiger partial charge in [0.05, 0.1) is 10.6 Å². The lowest BCUT2D eigenvalue weighted by atomic mass is 10.2. The molecule has 0 saturated heterocycles. The summed E-state index contributed by atoms with van der Waals surface area (Å²) in [7, 11) is 0.